The van der Waals surface area contributed by atoms with E-state index >= 15 is 0 Å². The Hall–Kier alpha value is -3.41. The molecule has 2 fully saturated rings. The van der Waals surface area contributed by atoms with E-state index in [1.807, 2.05) is 0 Å². The average molecular weight is 630 g/mol. The molecule has 13 heteroatoms. The van der Waals surface area contributed by atoms with Crippen molar-refractivity contribution >= 4 is 35.0 Å². The average Bonchev–Trinajstić information content (AvgIpc) is 3.70. The topological polar surface area (TPSA) is 96.5 Å². The summed E-state index contributed by atoms with van der Waals surface area (Å²) in [6.07, 6.45) is -1.43. The molecular weight excluding hydrogens is 597 g/mol. The highest BCUT2D eigenvalue weighted by molar-refractivity contribution is 6.34. The number of benzene rings is 2. The third-order valence-electron chi connectivity index (χ3n) is 8.19. The lowest BCUT2D eigenvalue weighted by Crippen LogP contribution is -2.46. The van der Waals surface area contributed by atoms with Crippen molar-refractivity contribution in [2.24, 2.45) is 10.8 Å². The van der Waals surface area contributed by atoms with E-state index in [1.54, 1.807) is 0 Å². The van der Waals surface area contributed by atoms with Gasteiger partial charge in [0.05, 0.1) is 16.1 Å². The van der Waals surface area contributed by atoms with Gasteiger partial charge in [-0.1, -0.05) is 17.7 Å². The second-order valence-electron chi connectivity index (χ2n) is 11.7. The molecule has 0 aliphatic heterocycles. The van der Waals surface area contributed by atoms with Crippen LogP contribution in [0.4, 0.5) is 27.6 Å². The van der Waals surface area contributed by atoms with Gasteiger partial charge >= 0.3 is 6.18 Å². The molecule has 3 amide bonds. The molecule has 0 unspecified atom stereocenters. The van der Waals surface area contributed by atoms with Crippen molar-refractivity contribution < 1.29 is 41.1 Å². The van der Waals surface area contributed by atoms with Gasteiger partial charge in [-0.05, 0) is 93.7 Å². The van der Waals surface area contributed by atoms with Crippen LogP contribution in [0, 0.1) is 10.8 Å². The van der Waals surface area contributed by atoms with E-state index in [0.29, 0.717) is 11.0 Å². The number of alkyl halides is 5. The van der Waals surface area contributed by atoms with Crippen molar-refractivity contribution in [2.45, 2.75) is 77.6 Å². The first kappa shape index (κ1) is 32.5. The van der Waals surface area contributed by atoms with Crippen molar-refractivity contribution in [1.29, 1.82) is 0 Å². The molecule has 2 aliphatic rings. The molecule has 2 aliphatic carbocycles. The molecule has 7 nitrogen and oxygen atoms in total. The summed E-state index contributed by atoms with van der Waals surface area (Å²) in [5.41, 5.74) is -1.80. The van der Waals surface area contributed by atoms with Crippen LogP contribution in [-0.2, 0) is 11.3 Å². The number of hydrogen-bond donors (Lipinski definition) is 3. The molecule has 0 saturated heterocycles. The zero-order valence-corrected chi connectivity index (χ0v) is 24.4. The first-order valence-corrected chi connectivity index (χ1v) is 14.3. The third-order valence-corrected chi connectivity index (χ3v) is 8.52. The summed E-state index contributed by atoms with van der Waals surface area (Å²) in [5.74, 6) is -2.53. The number of amides is 3. The number of ether oxygens (including phenoxy) is 1. The fourth-order valence-corrected chi connectivity index (χ4v) is 5.17. The SMILES string of the molecule is CC(C)(C(=O)NCc1ccc(Cl)c(C(=O)Nc2ccc(OCC(F)F)c(C(=O)NC3CCC4(CC3)CC4)c2)c1)C(F)(F)F. The minimum absolute atomic E-state index is 0.0278. The van der Waals surface area contributed by atoms with Crippen molar-refractivity contribution in [3.05, 3.63) is 58.1 Å². The van der Waals surface area contributed by atoms with Gasteiger partial charge < -0.3 is 20.7 Å². The maximum Gasteiger partial charge on any atom is 0.402 e. The summed E-state index contributed by atoms with van der Waals surface area (Å²) < 4.78 is 70.4. The molecule has 2 aromatic rings. The number of carbonyl (C=O) groups excluding carboxylic acids is 3. The largest absolute Gasteiger partial charge is 0.487 e. The van der Waals surface area contributed by atoms with Gasteiger partial charge in [-0.15, -0.1) is 0 Å². The molecule has 43 heavy (non-hydrogen) atoms. The molecule has 0 atom stereocenters. The van der Waals surface area contributed by atoms with Gasteiger partial charge in [-0.3, -0.25) is 14.4 Å². The maximum atomic E-state index is 13.2. The Morgan fingerprint density at radius 3 is 2.26 bits per heavy atom. The lowest BCUT2D eigenvalue weighted by atomic mass is 9.83. The van der Waals surface area contributed by atoms with Gasteiger partial charge in [-0.2, -0.15) is 13.2 Å². The van der Waals surface area contributed by atoms with Crippen molar-refractivity contribution in [2.75, 3.05) is 11.9 Å². The predicted octanol–water partition coefficient (Wildman–Crippen LogP) is 6.89. The fourth-order valence-electron chi connectivity index (χ4n) is 4.97. The van der Waals surface area contributed by atoms with Gasteiger partial charge in [0.25, 0.3) is 18.2 Å². The summed E-state index contributed by atoms with van der Waals surface area (Å²) in [5, 5.41) is 7.81. The van der Waals surface area contributed by atoms with E-state index < -0.39 is 42.3 Å². The molecule has 1 spiro atoms. The van der Waals surface area contributed by atoms with E-state index in [4.69, 9.17) is 16.3 Å². The van der Waals surface area contributed by atoms with Gasteiger partial charge in [-0.25, -0.2) is 8.78 Å². The Bertz CT molecular complexity index is 1370. The maximum absolute atomic E-state index is 13.2. The number of carbonyl (C=O) groups is 3. The molecule has 0 aromatic heterocycles. The predicted molar refractivity (Wildman–Crippen MR) is 150 cm³/mol. The fraction of sp³-hybridized carbons (Fsp3) is 0.500. The summed E-state index contributed by atoms with van der Waals surface area (Å²) in [6, 6.07) is 8.08. The van der Waals surface area contributed by atoms with Crippen LogP contribution in [0.25, 0.3) is 0 Å². The number of halogens is 6. The van der Waals surface area contributed by atoms with Crippen LogP contribution in [0.15, 0.2) is 36.4 Å². The summed E-state index contributed by atoms with van der Waals surface area (Å²) >= 11 is 6.21. The normalized spacial score (nSPS) is 16.6. The Morgan fingerprint density at radius 2 is 1.65 bits per heavy atom. The van der Waals surface area contributed by atoms with Crippen LogP contribution >= 0.6 is 11.6 Å². The second-order valence-corrected chi connectivity index (χ2v) is 12.1. The van der Waals surface area contributed by atoms with Crippen LogP contribution in [-0.4, -0.2) is 43.0 Å². The first-order valence-electron chi connectivity index (χ1n) is 13.9. The highest BCUT2D eigenvalue weighted by Crippen LogP contribution is 2.56. The van der Waals surface area contributed by atoms with E-state index in [0.717, 1.165) is 39.5 Å². The molecule has 2 saturated carbocycles. The zero-order chi connectivity index (χ0) is 31.6. The van der Waals surface area contributed by atoms with Gasteiger partial charge in [0.1, 0.15) is 17.8 Å². The van der Waals surface area contributed by atoms with Crippen LogP contribution in [0.3, 0.4) is 0 Å². The monoisotopic (exact) mass is 629 g/mol. The Morgan fingerprint density at radius 1 is 0.977 bits per heavy atom. The molecule has 0 bridgehead atoms. The second kappa shape index (κ2) is 12.7. The van der Waals surface area contributed by atoms with Crippen LogP contribution in [0.1, 0.15) is 78.7 Å². The lowest BCUT2D eigenvalue weighted by Gasteiger charge is -2.29. The molecule has 0 heterocycles. The Balaban J connectivity index is 1.47. The molecule has 4 rings (SSSR count). The quantitative estimate of drug-likeness (QED) is 0.249. The van der Waals surface area contributed by atoms with E-state index in [-0.39, 0.29) is 40.2 Å². The summed E-state index contributed by atoms with van der Waals surface area (Å²) in [4.78, 5) is 38.5. The molecule has 3 N–H and O–H groups in total. The standard InChI is InChI=1S/C30H33ClF5N3O4/c1-28(2,30(34,35)36)27(42)37-15-17-3-5-22(31)20(13-17)25(40)39-19-4-6-23(43-16-24(32)33)21(14-19)26(41)38-18-7-9-29(10-8-18)11-12-29/h3-6,13-14,18,24H,7-12,15-16H2,1-2H3,(H,37,42)(H,38,41)(H,39,40). The summed E-state index contributed by atoms with van der Waals surface area (Å²) in [6.45, 7) is 0.315. The highest BCUT2D eigenvalue weighted by Gasteiger charge is 2.52. The molecular formula is C30H33ClF5N3O4. The van der Waals surface area contributed by atoms with E-state index in [2.05, 4.69) is 16.0 Å². The smallest absolute Gasteiger partial charge is 0.402 e. The minimum atomic E-state index is -4.76. The van der Waals surface area contributed by atoms with Gasteiger partial charge in [0.15, 0.2) is 0 Å². The van der Waals surface area contributed by atoms with Crippen LogP contribution < -0.4 is 20.7 Å². The minimum Gasteiger partial charge on any atom is -0.487 e. The van der Waals surface area contributed by atoms with Gasteiger partial charge in [0, 0.05) is 18.3 Å². The lowest BCUT2D eigenvalue weighted by molar-refractivity contribution is -0.211. The first-order chi connectivity index (χ1) is 20.1. The molecule has 2 aromatic carbocycles. The van der Waals surface area contributed by atoms with Crippen molar-refractivity contribution in [1.82, 2.24) is 10.6 Å². The number of anilines is 1. The number of hydrogen-bond acceptors (Lipinski definition) is 4. The van der Waals surface area contributed by atoms with Crippen molar-refractivity contribution in [3.8, 4) is 5.75 Å². The number of rotatable bonds is 10. The third kappa shape index (κ3) is 7.95. The van der Waals surface area contributed by atoms with Crippen molar-refractivity contribution in [3.63, 3.8) is 0 Å². The number of nitrogens with one attached hydrogen (secondary N) is 3. The molecule has 0 radical (unpaired) electrons. The zero-order valence-electron chi connectivity index (χ0n) is 23.7. The van der Waals surface area contributed by atoms with Gasteiger partial charge in [0.2, 0.25) is 5.91 Å². The summed E-state index contributed by atoms with van der Waals surface area (Å²) in [7, 11) is 0. The Labute approximate surface area is 250 Å². The highest BCUT2D eigenvalue weighted by atomic mass is 35.5. The Kier molecular flexibility index (Phi) is 9.58. The van der Waals surface area contributed by atoms with Crippen LogP contribution in [0.5, 0.6) is 5.75 Å². The van der Waals surface area contributed by atoms with E-state index in [1.165, 1.54) is 49.2 Å². The van der Waals surface area contributed by atoms with Crippen LogP contribution in [0.2, 0.25) is 5.02 Å². The van der Waals surface area contributed by atoms with E-state index in [9.17, 15) is 36.3 Å². The molecule has 234 valence electrons.